The summed E-state index contributed by atoms with van der Waals surface area (Å²) in [4.78, 5) is 61.0. The van der Waals surface area contributed by atoms with Gasteiger partial charge < -0.3 is 10.6 Å². The van der Waals surface area contributed by atoms with Crippen molar-refractivity contribution in [1.82, 2.24) is 15.4 Å². The van der Waals surface area contributed by atoms with Gasteiger partial charge in [-0.2, -0.15) is 5.48 Å². The minimum atomic E-state index is -0.913. The molecule has 1 fully saturated rings. The Bertz CT molecular complexity index is 1150. The molecule has 9 nitrogen and oxygen atoms in total. The molecule has 4 rings (SSSR count). The number of rotatable bonds is 5. The number of hydroxylamine groups is 1. The topological polar surface area (TPSA) is 132 Å². The van der Waals surface area contributed by atoms with Crippen molar-refractivity contribution in [3.8, 4) is 0 Å². The first-order valence-electron chi connectivity index (χ1n) is 8.80. The third kappa shape index (κ3) is 4.01. The zero-order valence-electron chi connectivity index (χ0n) is 15.9. The number of thiazole rings is 1. The summed E-state index contributed by atoms with van der Waals surface area (Å²) < 4.78 is 0. The van der Waals surface area contributed by atoms with Crippen LogP contribution in [0, 0.1) is 6.92 Å². The van der Waals surface area contributed by atoms with Crippen molar-refractivity contribution in [3.63, 3.8) is 0 Å². The first-order valence-corrected chi connectivity index (χ1v) is 12.0. The van der Waals surface area contributed by atoms with Crippen LogP contribution >= 0.6 is 46.7 Å². The maximum absolute atomic E-state index is 12.9. The van der Waals surface area contributed by atoms with Gasteiger partial charge in [-0.15, -0.1) is 34.4 Å². The number of thiophene rings is 1. The van der Waals surface area contributed by atoms with E-state index >= 15 is 0 Å². The van der Waals surface area contributed by atoms with Crippen molar-refractivity contribution in [3.05, 3.63) is 43.7 Å². The van der Waals surface area contributed by atoms with Gasteiger partial charge in [-0.3, -0.25) is 19.3 Å². The van der Waals surface area contributed by atoms with Gasteiger partial charge in [-0.25, -0.2) is 9.78 Å². The second-order valence-electron chi connectivity index (χ2n) is 6.49. The van der Waals surface area contributed by atoms with Gasteiger partial charge in [0.05, 0.1) is 6.42 Å². The zero-order chi connectivity index (χ0) is 22.3. The fourth-order valence-electron chi connectivity index (χ4n) is 3.02. The number of nitrogens with zero attached hydrogens (tertiary/aromatic N) is 2. The Kier molecular flexibility index (Phi) is 5.92. The van der Waals surface area contributed by atoms with E-state index in [2.05, 4.69) is 10.5 Å². The molecule has 0 aromatic carbocycles. The Morgan fingerprint density at radius 1 is 1.42 bits per heavy atom. The van der Waals surface area contributed by atoms with Crippen LogP contribution < -0.4 is 11.2 Å². The van der Waals surface area contributed by atoms with E-state index in [-0.39, 0.29) is 22.7 Å². The van der Waals surface area contributed by atoms with Crippen LogP contribution in [-0.2, 0) is 25.6 Å². The van der Waals surface area contributed by atoms with Gasteiger partial charge in [0.25, 0.3) is 17.7 Å². The summed E-state index contributed by atoms with van der Waals surface area (Å²) in [6, 6.07) is 3.60. The molecule has 0 unspecified atom stereocenters. The number of hydrogen-bond acceptors (Lipinski definition) is 10. The Hall–Kier alpha value is -2.61. The molecule has 2 aliphatic rings. The standard InChI is InChI=1S/C18H14N4O5S4/c1-7-11(14(19)24)20-15(31-7)9-6-30-17-13(28)16(25)22(17)12(9)18(26)27-21-10(23)5-8-3-2-4-29-8/h2-4,17H,5-6H2,1H3,(H2,19,24)(H,21,23)/t17-/m0/s1. The van der Waals surface area contributed by atoms with Gasteiger partial charge in [-0.05, 0) is 18.4 Å². The molecule has 0 saturated carbocycles. The van der Waals surface area contributed by atoms with Gasteiger partial charge >= 0.3 is 5.97 Å². The van der Waals surface area contributed by atoms with Crippen molar-refractivity contribution >= 4 is 80.8 Å². The highest BCUT2D eigenvalue weighted by atomic mass is 32.2. The smallest absolute Gasteiger partial charge is 0.364 e. The molecule has 4 heterocycles. The van der Waals surface area contributed by atoms with Crippen LogP contribution in [0.4, 0.5) is 0 Å². The number of carbonyl (C=O) groups excluding carboxylic acids is 4. The molecule has 0 bridgehead atoms. The van der Waals surface area contributed by atoms with Crippen LogP contribution in [0.2, 0.25) is 0 Å². The number of aryl methyl sites for hydroxylation is 1. The number of nitrogens with one attached hydrogen (secondary N) is 1. The molecule has 3 amide bonds. The van der Waals surface area contributed by atoms with Crippen molar-refractivity contribution in [1.29, 1.82) is 0 Å². The first kappa shape index (κ1) is 21.6. The lowest BCUT2D eigenvalue weighted by Gasteiger charge is -2.44. The number of fused-ring (bicyclic) bond motifs is 1. The number of hydrogen-bond donors (Lipinski definition) is 2. The summed E-state index contributed by atoms with van der Waals surface area (Å²) >= 11 is 9.04. The highest BCUT2D eigenvalue weighted by Gasteiger charge is 2.51. The van der Waals surface area contributed by atoms with Crippen molar-refractivity contribution in [2.75, 3.05) is 5.75 Å². The van der Waals surface area contributed by atoms with Crippen LogP contribution in [0.1, 0.15) is 25.3 Å². The molecule has 2 aromatic heterocycles. The molecular weight excluding hydrogens is 480 g/mol. The van der Waals surface area contributed by atoms with E-state index in [1.165, 1.54) is 39.3 Å². The minimum absolute atomic E-state index is 0.0513. The summed E-state index contributed by atoms with van der Waals surface area (Å²) in [6.45, 7) is 1.69. The SMILES string of the molecule is Cc1sc(C2=C(C(=O)ONC(=O)Cc3cccs3)N3C(=O)C(=S)[C@@H]3SC2)nc1C(N)=O. The van der Waals surface area contributed by atoms with Crippen molar-refractivity contribution < 1.29 is 24.0 Å². The van der Waals surface area contributed by atoms with Crippen molar-refractivity contribution in [2.24, 2.45) is 5.73 Å². The average molecular weight is 495 g/mol. The first-order chi connectivity index (χ1) is 14.8. The van der Waals surface area contributed by atoms with Crippen LogP contribution in [0.5, 0.6) is 0 Å². The minimum Gasteiger partial charge on any atom is -0.364 e. The second kappa shape index (κ2) is 8.49. The van der Waals surface area contributed by atoms with E-state index in [1.54, 1.807) is 13.0 Å². The van der Waals surface area contributed by atoms with Gasteiger partial charge in [0.2, 0.25) is 0 Å². The predicted octanol–water partition coefficient (Wildman–Crippen LogP) is 1.43. The van der Waals surface area contributed by atoms with E-state index in [1.807, 2.05) is 11.4 Å². The lowest BCUT2D eigenvalue weighted by Crippen LogP contribution is -2.61. The highest BCUT2D eigenvalue weighted by molar-refractivity contribution is 8.02. The molecule has 0 aliphatic carbocycles. The van der Waals surface area contributed by atoms with E-state index in [0.717, 1.165) is 4.88 Å². The summed E-state index contributed by atoms with van der Waals surface area (Å²) in [7, 11) is 0. The maximum Gasteiger partial charge on any atom is 0.379 e. The fraction of sp³-hybridized carbons (Fsp3) is 0.222. The molecular formula is C18H14N4O5S4. The molecule has 31 heavy (non-hydrogen) atoms. The molecule has 2 aliphatic heterocycles. The van der Waals surface area contributed by atoms with E-state index in [4.69, 9.17) is 22.8 Å². The summed E-state index contributed by atoms with van der Waals surface area (Å²) in [5, 5.41) is 1.74. The van der Waals surface area contributed by atoms with Gasteiger partial charge in [0, 0.05) is 21.1 Å². The predicted molar refractivity (Wildman–Crippen MR) is 120 cm³/mol. The van der Waals surface area contributed by atoms with E-state index < -0.39 is 29.1 Å². The molecule has 13 heteroatoms. The summed E-state index contributed by atoms with van der Waals surface area (Å²) in [5.41, 5.74) is 7.94. The molecule has 1 saturated heterocycles. The Morgan fingerprint density at radius 2 is 2.19 bits per heavy atom. The molecule has 160 valence electrons. The Labute approximate surface area is 193 Å². The quantitative estimate of drug-likeness (QED) is 0.362. The van der Waals surface area contributed by atoms with Crippen LogP contribution in [0.25, 0.3) is 5.57 Å². The number of nitrogens with two attached hydrogens (primary N) is 1. The zero-order valence-corrected chi connectivity index (χ0v) is 19.1. The number of amides is 3. The number of carbonyl (C=O) groups is 4. The molecule has 1 atom stereocenters. The van der Waals surface area contributed by atoms with Gasteiger partial charge in [0.15, 0.2) is 0 Å². The molecule has 0 radical (unpaired) electrons. The van der Waals surface area contributed by atoms with E-state index in [0.29, 0.717) is 21.2 Å². The number of thiocarbonyl (C=S) groups is 1. The van der Waals surface area contributed by atoms with Gasteiger partial charge in [-0.1, -0.05) is 18.3 Å². The second-order valence-corrected chi connectivity index (χ2v) is 10.2. The molecule has 3 N–H and O–H groups in total. The maximum atomic E-state index is 12.9. The largest absolute Gasteiger partial charge is 0.379 e. The van der Waals surface area contributed by atoms with Crippen LogP contribution in [0.15, 0.2) is 23.2 Å². The lowest BCUT2D eigenvalue weighted by atomic mass is 10.1. The monoisotopic (exact) mass is 494 g/mol. The number of thioether (sulfide) groups is 1. The fourth-order valence-corrected chi connectivity index (χ4v) is 6.39. The summed E-state index contributed by atoms with van der Waals surface area (Å²) in [6.07, 6.45) is 0.0513. The normalized spacial score (nSPS) is 17.8. The van der Waals surface area contributed by atoms with E-state index in [9.17, 15) is 19.2 Å². The Balaban J connectivity index is 1.62. The van der Waals surface area contributed by atoms with Crippen LogP contribution in [0.3, 0.4) is 0 Å². The number of β-lactam (4-membered cyclic amide) rings is 1. The Morgan fingerprint density at radius 3 is 2.84 bits per heavy atom. The van der Waals surface area contributed by atoms with Crippen LogP contribution in [-0.4, -0.2) is 49.6 Å². The van der Waals surface area contributed by atoms with Gasteiger partial charge in [0.1, 0.15) is 26.6 Å². The summed E-state index contributed by atoms with van der Waals surface area (Å²) in [5.74, 6) is -2.28. The number of aromatic nitrogens is 1. The third-order valence-electron chi connectivity index (χ3n) is 4.45. The van der Waals surface area contributed by atoms with Crippen molar-refractivity contribution in [2.45, 2.75) is 18.7 Å². The third-order valence-corrected chi connectivity index (χ3v) is 8.13. The highest BCUT2D eigenvalue weighted by Crippen LogP contribution is 2.43. The lowest BCUT2D eigenvalue weighted by molar-refractivity contribution is -0.156. The molecule has 2 aromatic rings. The number of primary amides is 1. The molecule has 0 spiro atoms. The average Bonchev–Trinajstić information content (AvgIpc) is 3.39.